The Balaban J connectivity index is 1.26. The number of nitrogens with zero attached hydrogens (tertiary/aromatic N) is 3. The van der Waals surface area contributed by atoms with Crippen LogP contribution < -0.4 is 0 Å². The van der Waals surface area contributed by atoms with E-state index in [1.165, 1.54) is 6.21 Å². The van der Waals surface area contributed by atoms with Gasteiger partial charge < -0.3 is 9.15 Å². The van der Waals surface area contributed by atoms with Gasteiger partial charge in [0.2, 0.25) is 0 Å². The molecule has 1 aromatic rings. The largest absolute Gasteiger partial charge is 0.459 e. The van der Waals surface area contributed by atoms with Gasteiger partial charge in [0, 0.05) is 13.1 Å². The van der Waals surface area contributed by atoms with Crippen molar-refractivity contribution in [1.29, 1.82) is 0 Å². The molecule has 3 fully saturated rings. The molecule has 2 aliphatic heterocycles. The van der Waals surface area contributed by atoms with Gasteiger partial charge in [0.25, 0.3) is 11.8 Å². The maximum Gasteiger partial charge on any atom is 0.254 e. The van der Waals surface area contributed by atoms with Crippen LogP contribution in [0.15, 0.2) is 33.8 Å². The van der Waals surface area contributed by atoms with Crippen LogP contribution in [0.1, 0.15) is 17.9 Å². The Hall–Kier alpha value is -2.25. The van der Waals surface area contributed by atoms with Crippen LogP contribution in [-0.2, 0) is 20.9 Å². The van der Waals surface area contributed by atoms with Crippen molar-refractivity contribution in [2.75, 3.05) is 26.3 Å². The van der Waals surface area contributed by atoms with Crippen LogP contribution in [0.25, 0.3) is 0 Å². The van der Waals surface area contributed by atoms with Gasteiger partial charge in [-0.15, -0.1) is 0 Å². The first-order chi connectivity index (χ1) is 12.7. The third-order valence-electron chi connectivity index (χ3n) is 5.91. The Kier molecular flexibility index (Phi) is 3.79. The highest BCUT2D eigenvalue weighted by Gasteiger charge is 2.59. The molecule has 0 unspecified atom stereocenters. The van der Waals surface area contributed by atoms with Gasteiger partial charge in [-0.3, -0.25) is 14.5 Å². The molecule has 4 aliphatic rings. The van der Waals surface area contributed by atoms with Crippen LogP contribution in [0.2, 0.25) is 0 Å². The molecular formula is C19H21N3O4. The number of amides is 2. The number of hydrogen-bond acceptors (Lipinski definition) is 6. The molecule has 2 aliphatic carbocycles. The van der Waals surface area contributed by atoms with Crippen LogP contribution in [0.3, 0.4) is 0 Å². The van der Waals surface area contributed by atoms with Crippen molar-refractivity contribution in [3.63, 3.8) is 0 Å². The maximum absolute atomic E-state index is 12.6. The fourth-order valence-corrected chi connectivity index (χ4v) is 4.64. The van der Waals surface area contributed by atoms with Crippen LogP contribution in [0.4, 0.5) is 0 Å². The van der Waals surface area contributed by atoms with E-state index in [0.717, 1.165) is 50.0 Å². The lowest BCUT2D eigenvalue weighted by Gasteiger charge is -2.25. The molecule has 4 atom stereocenters. The zero-order chi connectivity index (χ0) is 17.7. The minimum Gasteiger partial charge on any atom is -0.459 e. The van der Waals surface area contributed by atoms with E-state index in [0.29, 0.717) is 5.76 Å². The fraction of sp³-hybridized carbons (Fsp3) is 0.526. The molecular weight excluding hydrogens is 334 g/mol. The smallest absolute Gasteiger partial charge is 0.254 e. The van der Waals surface area contributed by atoms with Gasteiger partial charge in [-0.1, -0.05) is 12.2 Å². The molecule has 2 saturated heterocycles. The quantitative estimate of drug-likeness (QED) is 0.462. The number of carbonyl (C=O) groups is 2. The van der Waals surface area contributed by atoms with E-state index >= 15 is 0 Å². The number of allylic oxidation sites excluding steroid dienone is 2. The number of imide groups is 1. The third kappa shape index (κ3) is 2.54. The van der Waals surface area contributed by atoms with Crippen molar-refractivity contribution in [2.45, 2.75) is 13.0 Å². The molecule has 0 N–H and O–H groups in total. The second-order valence-corrected chi connectivity index (χ2v) is 7.43. The van der Waals surface area contributed by atoms with Gasteiger partial charge >= 0.3 is 0 Å². The zero-order valence-electron chi connectivity index (χ0n) is 14.4. The number of furan rings is 1. The molecule has 2 amide bonds. The Labute approximate surface area is 151 Å². The summed E-state index contributed by atoms with van der Waals surface area (Å²) in [6.45, 7) is 3.98. The van der Waals surface area contributed by atoms with E-state index in [2.05, 4.69) is 22.2 Å². The van der Waals surface area contributed by atoms with Gasteiger partial charge in [0.1, 0.15) is 11.5 Å². The van der Waals surface area contributed by atoms with E-state index in [-0.39, 0.29) is 35.5 Å². The van der Waals surface area contributed by atoms with Crippen LogP contribution in [0, 0.1) is 23.7 Å². The molecule has 3 heterocycles. The number of ether oxygens (including phenoxy) is 1. The molecule has 2 bridgehead atoms. The van der Waals surface area contributed by atoms with Gasteiger partial charge in [-0.25, -0.2) is 0 Å². The topological polar surface area (TPSA) is 75.4 Å². The van der Waals surface area contributed by atoms with E-state index in [9.17, 15) is 9.59 Å². The molecule has 136 valence electrons. The molecule has 5 rings (SSSR count). The van der Waals surface area contributed by atoms with Gasteiger partial charge in [-0.05, 0) is 30.4 Å². The summed E-state index contributed by atoms with van der Waals surface area (Å²) >= 11 is 0. The first-order valence-corrected chi connectivity index (χ1v) is 9.19. The van der Waals surface area contributed by atoms with Gasteiger partial charge in [0.15, 0.2) is 0 Å². The lowest BCUT2D eigenvalue weighted by molar-refractivity contribution is -0.140. The molecule has 1 aromatic heterocycles. The van der Waals surface area contributed by atoms with E-state index < -0.39 is 0 Å². The van der Waals surface area contributed by atoms with Crippen molar-refractivity contribution in [3.8, 4) is 0 Å². The standard InChI is InChI=1S/C19H21N3O4/c23-18-16-12-1-2-13(9-12)17(16)19(24)22(18)20-10-14-3-4-15(26-14)11-21-5-7-25-8-6-21/h1-4,10,12-13,16-17H,5-9,11H2/b20-10-/t12-,13-,16-,17-/m0/s1. The van der Waals surface area contributed by atoms with Gasteiger partial charge in [-0.2, -0.15) is 10.1 Å². The highest BCUT2D eigenvalue weighted by atomic mass is 16.5. The number of fused-ring (bicyclic) bond motifs is 5. The van der Waals surface area contributed by atoms with Crippen molar-refractivity contribution in [3.05, 3.63) is 35.8 Å². The maximum atomic E-state index is 12.6. The molecule has 7 nitrogen and oxygen atoms in total. The molecule has 0 aromatic carbocycles. The molecule has 26 heavy (non-hydrogen) atoms. The van der Waals surface area contributed by atoms with Gasteiger partial charge in [0.05, 0.1) is 37.8 Å². The monoisotopic (exact) mass is 355 g/mol. The van der Waals surface area contributed by atoms with Crippen molar-refractivity contribution < 1.29 is 18.7 Å². The first-order valence-electron chi connectivity index (χ1n) is 9.19. The Morgan fingerprint density at radius 2 is 1.77 bits per heavy atom. The molecule has 0 spiro atoms. The van der Waals surface area contributed by atoms with E-state index in [1.807, 2.05) is 12.1 Å². The lowest BCUT2D eigenvalue weighted by atomic mass is 9.85. The Morgan fingerprint density at radius 3 is 2.46 bits per heavy atom. The van der Waals surface area contributed by atoms with Crippen molar-refractivity contribution in [1.82, 2.24) is 9.91 Å². The predicted octanol–water partition coefficient (Wildman–Crippen LogP) is 1.25. The highest BCUT2D eigenvalue weighted by molar-refractivity contribution is 6.06. The summed E-state index contributed by atoms with van der Waals surface area (Å²) in [5, 5.41) is 5.20. The highest BCUT2D eigenvalue weighted by Crippen LogP contribution is 2.52. The number of hydrazone groups is 1. The summed E-state index contributed by atoms with van der Waals surface area (Å²) < 4.78 is 11.1. The first kappa shape index (κ1) is 16.0. The SMILES string of the molecule is O=C1[C@@H]2[C@@H](C(=O)N1/N=C\c1ccc(CN3CCOCC3)o1)[C@H]1C=C[C@H]2C1. The zero-order valence-corrected chi connectivity index (χ0v) is 14.4. The average Bonchev–Trinajstić information content (AvgIpc) is 3.41. The number of hydrogen-bond donors (Lipinski definition) is 0. The predicted molar refractivity (Wildman–Crippen MR) is 92.0 cm³/mol. The molecule has 7 heteroatoms. The summed E-state index contributed by atoms with van der Waals surface area (Å²) in [4.78, 5) is 27.4. The summed E-state index contributed by atoms with van der Waals surface area (Å²) in [5.41, 5.74) is 0. The van der Waals surface area contributed by atoms with E-state index in [1.54, 1.807) is 0 Å². The van der Waals surface area contributed by atoms with Crippen molar-refractivity contribution >= 4 is 18.0 Å². The average molecular weight is 355 g/mol. The second-order valence-electron chi connectivity index (χ2n) is 7.43. The molecule has 1 saturated carbocycles. The van der Waals surface area contributed by atoms with Crippen molar-refractivity contribution in [2.24, 2.45) is 28.8 Å². The fourth-order valence-electron chi connectivity index (χ4n) is 4.64. The number of carbonyl (C=O) groups excluding carboxylic acids is 2. The lowest BCUT2D eigenvalue weighted by Crippen LogP contribution is -2.35. The summed E-state index contributed by atoms with van der Waals surface area (Å²) in [5.74, 6) is 1.00. The van der Waals surface area contributed by atoms with Crippen LogP contribution >= 0.6 is 0 Å². The summed E-state index contributed by atoms with van der Waals surface area (Å²) in [6.07, 6.45) is 6.55. The van der Waals surface area contributed by atoms with Crippen LogP contribution in [-0.4, -0.2) is 54.2 Å². The number of morpholine rings is 1. The van der Waals surface area contributed by atoms with E-state index in [4.69, 9.17) is 9.15 Å². The second kappa shape index (κ2) is 6.17. The minimum atomic E-state index is -0.219. The minimum absolute atomic E-state index is 0.173. The summed E-state index contributed by atoms with van der Waals surface area (Å²) in [6, 6.07) is 3.72. The molecule has 0 radical (unpaired) electrons. The summed E-state index contributed by atoms with van der Waals surface area (Å²) in [7, 11) is 0. The normalized spacial score (nSPS) is 33.8. The Bertz CT molecular complexity index is 762. The number of rotatable bonds is 4. The Morgan fingerprint density at radius 1 is 1.08 bits per heavy atom. The van der Waals surface area contributed by atoms with Crippen LogP contribution in [0.5, 0.6) is 0 Å². The third-order valence-corrected chi connectivity index (χ3v) is 5.91.